The van der Waals surface area contributed by atoms with E-state index in [-0.39, 0.29) is 24.2 Å². The van der Waals surface area contributed by atoms with Gasteiger partial charge in [-0.1, -0.05) is 19.3 Å². The number of likely N-dealkylation sites (N-methyl/N-ethyl adjacent to an activating group) is 1. The van der Waals surface area contributed by atoms with Crippen LogP contribution in [0.2, 0.25) is 0 Å². The third-order valence-corrected chi connectivity index (χ3v) is 5.21. The first kappa shape index (κ1) is 17.2. The van der Waals surface area contributed by atoms with Crippen molar-refractivity contribution >= 4 is 5.91 Å². The lowest BCUT2D eigenvalue weighted by Crippen LogP contribution is -2.58. The molecule has 1 aliphatic heterocycles. The number of hydrogen-bond acceptors (Lipinski definition) is 4. The molecule has 2 rings (SSSR count). The summed E-state index contributed by atoms with van der Waals surface area (Å²) in [4.78, 5) is 16.8. The van der Waals surface area contributed by atoms with Crippen molar-refractivity contribution in [3.63, 3.8) is 0 Å². The van der Waals surface area contributed by atoms with E-state index >= 15 is 0 Å². The van der Waals surface area contributed by atoms with E-state index in [9.17, 15) is 10.1 Å². The van der Waals surface area contributed by atoms with Crippen molar-refractivity contribution in [1.82, 2.24) is 9.80 Å². The summed E-state index contributed by atoms with van der Waals surface area (Å²) in [6.07, 6.45) is 5.12. The third-order valence-electron chi connectivity index (χ3n) is 5.21. The molecule has 0 radical (unpaired) electrons. The highest BCUT2D eigenvalue weighted by molar-refractivity contribution is 5.82. The summed E-state index contributed by atoms with van der Waals surface area (Å²) in [6, 6.07) is 2.23. The lowest BCUT2D eigenvalue weighted by Gasteiger charge is -2.43. The van der Waals surface area contributed by atoms with Gasteiger partial charge in [0.15, 0.2) is 0 Å². The minimum atomic E-state index is -0.604. The highest BCUT2D eigenvalue weighted by atomic mass is 16.5. The number of ether oxygens (including phenoxy) is 1. The molecule has 2 fully saturated rings. The molecular weight excluding hydrogens is 278 g/mol. The second-order valence-corrected chi connectivity index (χ2v) is 6.99. The monoisotopic (exact) mass is 307 g/mol. The molecule has 1 saturated carbocycles. The maximum Gasteiger partial charge on any atom is 0.240 e. The van der Waals surface area contributed by atoms with E-state index in [1.165, 1.54) is 6.42 Å². The Morgan fingerprint density at radius 3 is 2.32 bits per heavy atom. The Labute approximate surface area is 134 Å². The van der Waals surface area contributed by atoms with Gasteiger partial charge < -0.3 is 9.64 Å². The van der Waals surface area contributed by atoms with Crippen molar-refractivity contribution in [3.05, 3.63) is 0 Å². The zero-order valence-electron chi connectivity index (χ0n) is 14.3. The molecular formula is C17H29N3O2. The molecule has 5 heteroatoms. The predicted molar refractivity (Wildman–Crippen MR) is 85.2 cm³/mol. The smallest absolute Gasteiger partial charge is 0.240 e. The third kappa shape index (κ3) is 3.44. The van der Waals surface area contributed by atoms with Gasteiger partial charge in [-0.05, 0) is 33.6 Å². The van der Waals surface area contributed by atoms with Crippen LogP contribution in [0.5, 0.6) is 0 Å². The van der Waals surface area contributed by atoms with Gasteiger partial charge in [0.2, 0.25) is 5.91 Å². The first-order chi connectivity index (χ1) is 10.4. The van der Waals surface area contributed by atoms with Gasteiger partial charge in [-0.15, -0.1) is 0 Å². The normalized spacial score (nSPS) is 30.3. The van der Waals surface area contributed by atoms with Gasteiger partial charge in [0.1, 0.15) is 5.54 Å². The number of nitriles is 1. The number of amides is 1. The fraction of sp³-hybridized carbons (Fsp3) is 0.882. The Balaban J connectivity index is 2.07. The van der Waals surface area contributed by atoms with E-state index in [4.69, 9.17) is 4.74 Å². The molecule has 1 saturated heterocycles. The molecule has 0 aromatic rings. The van der Waals surface area contributed by atoms with E-state index < -0.39 is 5.54 Å². The van der Waals surface area contributed by atoms with Crippen LogP contribution < -0.4 is 0 Å². The standard InChI is InChI=1S/C17H29N3O2/c1-13-10-20(11-14(2)22-13)15(3)16(21)19(4)17(12-18)8-6-5-7-9-17/h13-15H,5-11H2,1-4H3/t13-,14-,15-/m1/s1. The molecule has 1 aliphatic carbocycles. The largest absolute Gasteiger partial charge is 0.373 e. The van der Waals surface area contributed by atoms with Crippen LogP contribution in [0, 0.1) is 11.3 Å². The number of rotatable bonds is 3. The maximum atomic E-state index is 12.9. The molecule has 0 N–H and O–H groups in total. The van der Waals surface area contributed by atoms with Crippen molar-refractivity contribution in [3.8, 4) is 6.07 Å². The van der Waals surface area contributed by atoms with E-state index in [0.717, 1.165) is 38.8 Å². The van der Waals surface area contributed by atoms with Crippen LogP contribution in [0.25, 0.3) is 0 Å². The highest BCUT2D eigenvalue weighted by Gasteiger charge is 2.41. The quantitative estimate of drug-likeness (QED) is 0.802. The molecule has 1 heterocycles. The Hall–Kier alpha value is -1.12. The van der Waals surface area contributed by atoms with Crippen molar-refractivity contribution < 1.29 is 9.53 Å². The molecule has 0 unspecified atom stereocenters. The fourth-order valence-electron chi connectivity index (χ4n) is 3.84. The number of carbonyl (C=O) groups excluding carboxylic acids is 1. The van der Waals surface area contributed by atoms with Crippen LogP contribution in [-0.4, -0.2) is 59.6 Å². The summed E-state index contributed by atoms with van der Waals surface area (Å²) in [7, 11) is 1.81. The second kappa shape index (κ2) is 6.97. The minimum absolute atomic E-state index is 0.0600. The lowest BCUT2D eigenvalue weighted by atomic mass is 9.81. The second-order valence-electron chi connectivity index (χ2n) is 6.99. The summed E-state index contributed by atoms with van der Waals surface area (Å²) in [5, 5.41) is 9.66. The maximum absolute atomic E-state index is 12.9. The lowest BCUT2D eigenvalue weighted by molar-refractivity contribution is -0.145. The van der Waals surface area contributed by atoms with Crippen LogP contribution in [0.3, 0.4) is 0 Å². The summed E-state index contributed by atoms with van der Waals surface area (Å²) >= 11 is 0. The van der Waals surface area contributed by atoms with Gasteiger partial charge in [-0.2, -0.15) is 5.26 Å². The molecule has 0 spiro atoms. The summed E-state index contributed by atoms with van der Waals surface area (Å²) in [5.41, 5.74) is -0.604. The van der Waals surface area contributed by atoms with Gasteiger partial charge in [0.05, 0.1) is 24.3 Å². The first-order valence-electron chi connectivity index (χ1n) is 8.48. The van der Waals surface area contributed by atoms with E-state index in [1.807, 2.05) is 20.8 Å². The zero-order chi connectivity index (χ0) is 16.3. The van der Waals surface area contributed by atoms with Crippen LogP contribution in [0.15, 0.2) is 0 Å². The van der Waals surface area contributed by atoms with Gasteiger partial charge in [0.25, 0.3) is 0 Å². The van der Waals surface area contributed by atoms with Crippen LogP contribution in [-0.2, 0) is 9.53 Å². The summed E-state index contributed by atoms with van der Waals surface area (Å²) < 4.78 is 5.75. The van der Waals surface area contributed by atoms with Crippen LogP contribution in [0.1, 0.15) is 52.9 Å². The van der Waals surface area contributed by atoms with E-state index in [2.05, 4.69) is 11.0 Å². The molecule has 2 aliphatic rings. The van der Waals surface area contributed by atoms with Crippen LogP contribution in [0.4, 0.5) is 0 Å². The van der Waals surface area contributed by atoms with Crippen molar-refractivity contribution in [2.75, 3.05) is 20.1 Å². The fourth-order valence-corrected chi connectivity index (χ4v) is 3.84. The van der Waals surface area contributed by atoms with Crippen molar-refractivity contribution in [2.45, 2.75) is 76.7 Å². The molecule has 124 valence electrons. The average molecular weight is 307 g/mol. The van der Waals surface area contributed by atoms with Crippen LogP contribution >= 0.6 is 0 Å². The summed E-state index contributed by atoms with van der Waals surface area (Å²) in [5.74, 6) is 0.0600. The van der Waals surface area contributed by atoms with E-state index in [0.29, 0.717) is 0 Å². The predicted octanol–water partition coefficient (Wildman–Crippen LogP) is 2.17. The van der Waals surface area contributed by atoms with Gasteiger partial charge in [-0.3, -0.25) is 9.69 Å². The number of morpholine rings is 1. The molecule has 1 amide bonds. The van der Waals surface area contributed by atoms with Crippen molar-refractivity contribution in [1.29, 1.82) is 5.26 Å². The zero-order valence-corrected chi connectivity index (χ0v) is 14.3. The number of carbonyl (C=O) groups is 1. The summed E-state index contributed by atoms with van der Waals surface area (Å²) in [6.45, 7) is 7.58. The average Bonchev–Trinajstić information content (AvgIpc) is 2.52. The Bertz CT molecular complexity index is 430. The van der Waals surface area contributed by atoms with Gasteiger partial charge >= 0.3 is 0 Å². The highest BCUT2D eigenvalue weighted by Crippen LogP contribution is 2.33. The van der Waals surface area contributed by atoms with Gasteiger partial charge in [0, 0.05) is 20.1 Å². The van der Waals surface area contributed by atoms with Crippen molar-refractivity contribution in [2.24, 2.45) is 0 Å². The molecule has 0 aromatic heterocycles. The number of nitrogens with zero attached hydrogens (tertiary/aromatic N) is 3. The Kier molecular flexibility index (Phi) is 5.46. The molecule has 3 atom stereocenters. The SMILES string of the molecule is C[C@@H]1CN([C@H](C)C(=O)N(C)C2(C#N)CCCCC2)C[C@@H](C)O1. The molecule has 22 heavy (non-hydrogen) atoms. The molecule has 5 nitrogen and oxygen atoms in total. The first-order valence-corrected chi connectivity index (χ1v) is 8.48. The minimum Gasteiger partial charge on any atom is -0.373 e. The Morgan fingerprint density at radius 1 is 1.27 bits per heavy atom. The molecule has 0 bridgehead atoms. The van der Waals surface area contributed by atoms with E-state index in [1.54, 1.807) is 11.9 Å². The molecule has 0 aromatic carbocycles. The van der Waals surface area contributed by atoms with Gasteiger partial charge in [-0.25, -0.2) is 0 Å². The Morgan fingerprint density at radius 2 is 1.82 bits per heavy atom. The number of hydrogen-bond donors (Lipinski definition) is 0. The topological polar surface area (TPSA) is 56.6 Å².